The van der Waals surface area contributed by atoms with Crippen LogP contribution in [0.1, 0.15) is 11.3 Å². The van der Waals surface area contributed by atoms with Crippen LogP contribution in [0.4, 0.5) is 23.5 Å². The maximum absolute atomic E-state index is 13.3. The molecule has 106 valence electrons. The largest absolute Gasteiger partial charge is 0.433 e. The molecule has 0 spiro atoms. The minimum absolute atomic E-state index is 0.129. The van der Waals surface area contributed by atoms with E-state index in [1.54, 1.807) is 18.2 Å². The summed E-state index contributed by atoms with van der Waals surface area (Å²) in [7, 11) is 0. The van der Waals surface area contributed by atoms with Gasteiger partial charge in [0.05, 0.1) is 0 Å². The van der Waals surface area contributed by atoms with Crippen molar-refractivity contribution in [2.75, 3.05) is 11.9 Å². The molecule has 2 aromatic rings. The molecule has 1 aromatic heterocycles. The fourth-order valence-electron chi connectivity index (χ4n) is 1.61. The molecular weight excluding hydrogens is 274 g/mol. The number of hydrogen-bond acceptors (Lipinski definition) is 3. The summed E-state index contributed by atoms with van der Waals surface area (Å²) in [5, 5.41) is 2.64. The van der Waals surface area contributed by atoms with Gasteiger partial charge in [0, 0.05) is 12.7 Å². The first-order valence-corrected chi connectivity index (χ1v) is 5.84. The molecule has 3 nitrogen and oxygen atoms in total. The number of halogens is 4. The van der Waals surface area contributed by atoms with Crippen molar-refractivity contribution in [2.24, 2.45) is 0 Å². The Balaban J connectivity index is 1.97. The van der Waals surface area contributed by atoms with Gasteiger partial charge in [0.1, 0.15) is 11.5 Å². The van der Waals surface area contributed by atoms with Gasteiger partial charge in [-0.3, -0.25) is 0 Å². The average Bonchev–Trinajstić information content (AvgIpc) is 2.40. The fraction of sp³-hybridized carbons (Fsp3) is 0.231. The van der Waals surface area contributed by atoms with E-state index in [1.807, 2.05) is 0 Å². The molecule has 0 aliphatic rings. The van der Waals surface area contributed by atoms with Gasteiger partial charge in [-0.1, -0.05) is 18.2 Å². The van der Waals surface area contributed by atoms with Crippen LogP contribution >= 0.6 is 0 Å². The van der Waals surface area contributed by atoms with Crippen LogP contribution in [-0.2, 0) is 12.6 Å². The molecule has 7 heteroatoms. The molecule has 0 saturated carbocycles. The third-order valence-corrected chi connectivity index (χ3v) is 2.58. The van der Waals surface area contributed by atoms with Crippen LogP contribution in [0, 0.1) is 5.82 Å². The predicted molar refractivity (Wildman–Crippen MR) is 65.6 cm³/mol. The Morgan fingerprint density at radius 1 is 1.10 bits per heavy atom. The highest BCUT2D eigenvalue weighted by Crippen LogP contribution is 2.27. The number of aromatic nitrogens is 2. The number of benzene rings is 1. The number of anilines is 1. The Morgan fingerprint density at radius 3 is 2.55 bits per heavy atom. The van der Waals surface area contributed by atoms with E-state index in [0.29, 0.717) is 12.0 Å². The van der Waals surface area contributed by atoms with Crippen molar-refractivity contribution in [3.05, 3.63) is 53.6 Å². The van der Waals surface area contributed by atoms with Crippen LogP contribution in [0.2, 0.25) is 0 Å². The zero-order valence-corrected chi connectivity index (χ0v) is 10.3. The summed E-state index contributed by atoms with van der Waals surface area (Å²) in [5.74, 6) is -0.476. The van der Waals surface area contributed by atoms with Gasteiger partial charge in [0.15, 0.2) is 0 Å². The Kier molecular flexibility index (Phi) is 4.16. The van der Waals surface area contributed by atoms with E-state index in [2.05, 4.69) is 15.3 Å². The highest BCUT2D eigenvalue weighted by Gasteiger charge is 2.32. The van der Waals surface area contributed by atoms with Gasteiger partial charge >= 0.3 is 6.18 Å². The van der Waals surface area contributed by atoms with Crippen LogP contribution in [0.15, 0.2) is 36.5 Å². The second-order valence-corrected chi connectivity index (χ2v) is 4.03. The maximum Gasteiger partial charge on any atom is 0.433 e. The molecule has 2 rings (SSSR count). The lowest BCUT2D eigenvalue weighted by molar-refractivity contribution is -0.141. The normalized spacial score (nSPS) is 11.4. The summed E-state index contributed by atoms with van der Waals surface area (Å²) in [6.45, 7) is 0.238. The van der Waals surface area contributed by atoms with Crippen molar-refractivity contribution < 1.29 is 17.6 Å². The van der Waals surface area contributed by atoms with Crippen LogP contribution in [0.3, 0.4) is 0 Å². The maximum atomic E-state index is 13.3. The first kappa shape index (κ1) is 14.2. The van der Waals surface area contributed by atoms with Crippen LogP contribution in [0.25, 0.3) is 0 Å². The lowest BCUT2D eigenvalue weighted by Crippen LogP contribution is -2.13. The smallest absolute Gasteiger partial charge is 0.354 e. The molecule has 20 heavy (non-hydrogen) atoms. The third-order valence-electron chi connectivity index (χ3n) is 2.58. The molecule has 1 aromatic carbocycles. The lowest BCUT2D eigenvalue weighted by Gasteiger charge is -2.08. The minimum Gasteiger partial charge on any atom is -0.354 e. The van der Waals surface area contributed by atoms with Crippen LogP contribution in [0.5, 0.6) is 0 Å². The SMILES string of the molecule is Fc1ccccc1CCNc1nccc(C(F)(F)F)n1. The van der Waals surface area contributed by atoms with Crippen LogP contribution < -0.4 is 5.32 Å². The second-order valence-electron chi connectivity index (χ2n) is 4.03. The fourth-order valence-corrected chi connectivity index (χ4v) is 1.61. The first-order valence-electron chi connectivity index (χ1n) is 5.84. The quantitative estimate of drug-likeness (QED) is 0.876. The standard InChI is InChI=1S/C13H11F4N3/c14-10-4-2-1-3-9(10)5-7-18-12-19-8-6-11(20-12)13(15,16)17/h1-4,6,8H,5,7H2,(H,18,19,20). The molecule has 0 atom stereocenters. The molecule has 1 heterocycles. The number of alkyl halides is 3. The molecule has 0 fully saturated rings. The predicted octanol–water partition coefficient (Wildman–Crippen LogP) is 3.29. The van der Waals surface area contributed by atoms with Crippen molar-refractivity contribution in [2.45, 2.75) is 12.6 Å². The van der Waals surface area contributed by atoms with Gasteiger partial charge in [-0.05, 0) is 24.1 Å². The van der Waals surface area contributed by atoms with E-state index in [-0.39, 0.29) is 18.3 Å². The molecular formula is C13H11F4N3. The summed E-state index contributed by atoms with van der Waals surface area (Å²) < 4.78 is 50.6. The zero-order chi connectivity index (χ0) is 14.6. The molecule has 0 aliphatic carbocycles. The monoisotopic (exact) mass is 285 g/mol. The summed E-state index contributed by atoms with van der Waals surface area (Å²) in [6.07, 6.45) is -3.15. The lowest BCUT2D eigenvalue weighted by atomic mass is 10.1. The minimum atomic E-state index is -4.51. The highest BCUT2D eigenvalue weighted by atomic mass is 19.4. The Morgan fingerprint density at radius 2 is 1.85 bits per heavy atom. The van der Waals surface area contributed by atoms with Gasteiger partial charge in [0.2, 0.25) is 5.95 Å². The van der Waals surface area contributed by atoms with Gasteiger partial charge in [-0.15, -0.1) is 0 Å². The highest BCUT2D eigenvalue weighted by molar-refractivity contribution is 5.27. The number of hydrogen-bond donors (Lipinski definition) is 1. The van der Waals surface area contributed by atoms with E-state index in [1.165, 1.54) is 6.07 Å². The molecule has 0 unspecified atom stereocenters. The number of nitrogens with one attached hydrogen (secondary N) is 1. The van der Waals surface area contributed by atoms with Gasteiger partial charge < -0.3 is 5.32 Å². The molecule has 1 N–H and O–H groups in total. The van der Waals surface area contributed by atoms with E-state index in [0.717, 1.165) is 12.3 Å². The van der Waals surface area contributed by atoms with Crippen molar-refractivity contribution in [1.82, 2.24) is 9.97 Å². The molecule has 0 saturated heterocycles. The van der Waals surface area contributed by atoms with Gasteiger partial charge in [0.25, 0.3) is 0 Å². The Bertz CT molecular complexity index is 584. The van der Waals surface area contributed by atoms with E-state index < -0.39 is 11.9 Å². The molecule has 0 bridgehead atoms. The van der Waals surface area contributed by atoms with Crippen molar-refractivity contribution in [1.29, 1.82) is 0 Å². The summed E-state index contributed by atoms with van der Waals surface area (Å²) in [5.41, 5.74) is -0.534. The van der Waals surface area contributed by atoms with Crippen molar-refractivity contribution >= 4 is 5.95 Å². The Labute approximate surface area is 112 Å². The second kappa shape index (κ2) is 5.85. The summed E-state index contributed by atoms with van der Waals surface area (Å²) in [4.78, 5) is 7.05. The van der Waals surface area contributed by atoms with E-state index >= 15 is 0 Å². The van der Waals surface area contributed by atoms with Crippen molar-refractivity contribution in [3.8, 4) is 0 Å². The zero-order valence-electron chi connectivity index (χ0n) is 10.3. The van der Waals surface area contributed by atoms with Crippen molar-refractivity contribution in [3.63, 3.8) is 0 Å². The van der Waals surface area contributed by atoms with E-state index in [9.17, 15) is 17.6 Å². The van der Waals surface area contributed by atoms with Crippen LogP contribution in [-0.4, -0.2) is 16.5 Å². The first-order chi connectivity index (χ1) is 9.47. The molecule has 0 aliphatic heterocycles. The summed E-state index contributed by atoms with van der Waals surface area (Å²) in [6, 6.07) is 7.00. The molecule has 0 amide bonds. The molecule has 0 radical (unpaired) electrons. The topological polar surface area (TPSA) is 37.8 Å². The Hall–Kier alpha value is -2.18. The third kappa shape index (κ3) is 3.66. The average molecular weight is 285 g/mol. The number of nitrogens with zero attached hydrogens (tertiary/aromatic N) is 2. The van der Waals surface area contributed by atoms with Gasteiger partial charge in [-0.2, -0.15) is 13.2 Å². The number of rotatable bonds is 4. The summed E-state index contributed by atoms with van der Waals surface area (Å²) >= 11 is 0. The van der Waals surface area contributed by atoms with E-state index in [4.69, 9.17) is 0 Å². The van der Waals surface area contributed by atoms with Gasteiger partial charge in [-0.25, -0.2) is 14.4 Å².